The number of rotatable bonds is 6. The quantitative estimate of drug-likeness (QED) is 0.832. The van der Waals surface area contributed by atoms with Crippen LogP contribution in [0, 0.1) is 6.92 Å². The predicted molar refractivity (Wildman–Crippen MR) is 80.8 cm³/mol. The van der Waals surface area contributed by atoms with Crippen LogP contribution in [-0.4, -0.2) is 34.7 Å². The summed E-state index contributed by atoms with van der Waals surface area (Å²) in [5.41, 5.74) is 2.19. The molecule has 0 atom stereocenters. The average Bonchev–Trinajstić information content (AvgIpc) is 2.85. The van der Waals surface area contributed by atoms with Crippen LogP contribution in [0.1, 0.15) is 18.9 Å². The number of likely N-dealkylation sites (N-methyl/N-ethyl adjacent to an activating group) is 1. The van der Waals surface area contributed by atoms with Crippen molar-refractivity contribution >= 4 is 22.7 Å². The van der Waals surface area contributed by atoms with Crippen LogP contribution in [0.25, 0.3) is 10.9 Å². The molecule has 0 spiro atoms. The lowest BCUT2D eigenvalue weighted by Crippen LogP contribution is -2.37. The zero-order valence-corrected chi connectivity index (χ0v) is 12.3. The Morgan fingerprint density at radius 3 is 2.81 bits per heavy atom. The van der Waals surface area contributed by atoms with Crippen LogP contribution in [0.5, 0.6) is 0 Å². The molecule has 0 fully saturated rings. The molecule has 0 saturated carbocycles. The van der Waals surface area contributed by atoms with Crippen molar-refractivity contribution in [3.63, 3.8) is 0 Å². The second kappa shape index (κ2) is 6.88. The molecule has 2 amide bonds. The lowest BCUT2D eigenvalue weighted by Gasteiger charge is -2.06. The molecule has 2 rings (SSSR count). The first-order chi connectivity index (χ1) is 10.1. The van der Waals surface area contributed by atoms with Gasteiger partial charge in [-0.25, -0.2) is 0 Å². The fourth-order valence-corrected chi connectivity index (χ4v) is 2.12. The highest BCUT2D eigenvalue weighted by Crippen LogP contribution is 2.15. The number of fused-ring (bicyclic) bond motifs is 1. The van der Waals surface area contributed by atoms with Crippen molar-refractivity contribution in [2.45, 2.75) is 26.8 Å². The first-order valence-electron chi connectivity index (χ1n) is 7.05. The minimum atomic E-state index is -0.175. The molecule has 1 aromatic heterocycles. The maximum atomic E-state index is 11.7. The monoisotopic (exact) mass is 288 g/mol. The third-order valence-corrected chi connectivity index (χ3v) is 3.17. The fourth-order valence-electron chi connectivity index (χ4n) is 2.12. The molecular weight excluding hydrogens is 268 g/mol. The molecule has 1 heterocycles. The third-order valence-electron chi connectivity index (χ3n) is 3.17. The summed E-state index contributed by atoms with van der Waals surface area (Å²) in [4.78, 5) is 22.9. The van der Waals surface area contributed by atoms with E-state index >= 15 is 0 Å². The fraction of sp³-hybridized carbons (Fsp3) is 0.400. The van der Waals surface area contributed by atoms with Gasteiger partial charge in [0, 0.05) is 18.4 Å². The zero-order valence-electron chi connectivity index (χ0n) is 12.3. The van der Waals surface area contributed by atoms with E-state index in [1.54, 1.807) is 10.9 Å². The van der Waals surface area contributed by atoms with Crippen molar-refractivity contribution in [2.75, 3.05) is 13.1 Å². The Kier molecular flexibility index (Phi) is 4.92. The minimum absolute atomic E-state index is 0.0196. The Labute approximate surface area is 123 Å². The van der Waals surface area contributed by atoms with Crippen LogP contribution in [0.2, 0.25) is 0 Å². The van der Waals surface area contributed by atoms with Crippen molar-refractivity contribution in [2.24, 2.45) is 0 Å². The minimum Gasteiger partial charge on any atom is -0.355 e. The predicted octanol–water partition coefficient (Wildman–Crippen LogP) is 0.987. The van der Waals surface area contributed by atoms with Crippen LogP contribution >= 0.6 is 0 Å². The smallest absolute Gasteiger partial charge is 0.239 e. The van der Waals surface area contributed by atoms with Crippen LogP contribution in [0.3, 0.4) is 0 Å². The van der Waals surface area contributed by atoms with Crippen molar-refractivity contribution in [1.82, 2.24) is 20.4 Å². The molecule has 21 heavy (non-hydrogen) atoms. The van der Waals surface area contributed by atoms with E-state index in [1.807, 2.05) is 26.0 Å². The Balaban J connectivity index is 1.87. The van der Waals surface area contributed by atoms with Gasteiger partial charge in [0.25, 0.3) is 0 Å². The van der Waals surface area contributed by atoms with Crippen molar-refractivity contribution < 1.29 is 9.59 Å². The summed E-state index contributed by atoms with van der Waals surface area (Å²) >= 11 is 0. The van der Waals surface area contributed by atoms with Gasteiger partial charge in [-0.3, -0.25) is 14.3 Å². The average molecular weight is 288 g/mol. The molecular formula is C15H20N4O2. The number of hydrogen-bond donors (Lipinski definition) is 2. The van der Waals surface area contributed by atoms with E-state index in [1.165, 1.54) is 5.56 Å². The summed E-state index contributed by atoms with van der Waals surface area (Å²) in [5.74, 6) is -0.331. The van der Waals surface area contributed by atoms with Gasteiger partial charge in [0.05, 0.1) is 24.8 Å². The molecule has 0 saturated heterocycles. The van der Waals surface area contributed by atoms with E-state index in [0.717, 1.165) is 10.9 Å². The zero-order chi connectivity index (χ0) is 15.2. The highest BCUT2D eigenvalue weighted by atomic mass is 16.2. The van der Waals surface area contributed by atoms with Gasteiger partial charge in [-0.1, -0.05) is 11.6 Å². The number of hydrogen-bond acceptors (Lipinski definition) is 3. The molecule has 2 N–H and O–H groups in total. The molecule has 0 radical (unpaired) electrons. The number of aromatic nitrogens is 2. The maximum Gasteiger partial charge on any atom is 0.239 e. The summed E-state index contributed by atoms with van der Waals surface area (Å²) in [6.45, 7) is 4.95. The normalized spacial score (nSPS) is 10.6. The Morgan fingerprint density at radius 1 is 1.24 bits per heavy atom. The van der Waals surface area contributed by atoms with E-state index < -0.39 is 0 Å². The first-order valence-corrected chi connectivity index (χ1v) is 7.05. The Bertz CT molecular complexity index is 648. The summed E-state index contributed by atoms with van der Waals surface area (Å²) in [6, 6.07) is 6.09. The standard InChI is InChI=1S/C15H20N4O2/c1-3-16-15(21)10-17-14(20)6-7-19-13-5-4-11(2)8-12(13)9-18-19/h4-5,8-9H,3,6-7,10H2,1-2H3,(H,16,21)(H,17,20). The highest BCUT2D eigenvalue weighted by Gasteiger charge is 2.07. The van der Waals surface area contributed by atoms with Gasteiger partial charge in [0.2, 0.25) is 11.8 Å². The number of amides is 2. The summed E-state index contributed by atoms with van der Waals surface area (Å²) in [6.07, 6.45) is 2.10. The third kappa shape index (κ3) is 4.05. The molecule has 112 valence electrons. The number of carbonyl (C=O) groups excluding carboxylic acids is 2. The van der Waals surface area contributed by atoms with Crippen molar-refractivity contribution in [3.05, 3.63) is 30.0 Å². The summed E-state index contributed by atoms with van der Waals surface area (Å²) in [7, 11) is 0. The number of nitrogens with zero attached hydrogens (tertiary/aromatic N) is 2. The Morgan fingerprint density at radius 2 is 2.05 bits per heavy atom. The van der Waals surface area contributed by atoms with Crippen LogP contribution in [-0.2, 0) is 16.1 Å². The molecule has 6 heteroatoms. The summed E-state index contributed by atoms with van der Waals surface area (Å²) < 4.78 is 1.81. The number of nitrogens with one attached hydrogen (secondary N) is 2. The lowest BCUT2D eigenvalue weighted by atomic mass is 10.2. The van der Waals surface area contributed by atoms with E-state index in [4.69, 9.17) is 0 Å². The van der Waals surface area contributed by atoms with Crippen molar-refractivity contribution in [1.29, 1.82) is 0 Å². The van der Waals surface area contributed by atoms with E-state index in [9.17, 15) is 9.59 Å². The second-order valence-electron chi connectivity index (χ2n) is 4.91. The van der Waals surface area contributed by atoms with E-state index in [0.29, 0.717) is 19.5 Å². The Hall–Kier alpha value is -2.37. The van der Waals surface area contributed by atoms with Gasteiger partial charge in [-0.15, -0.1) is 0 Å². The van der Waals surface area contributed by atoms with Gasteiger partial charge in [0.1, 0.15) is 0 Å². The van der Waals surface area contributed by atoms with E-state index in [2.05, 4.69) is 21.8 Å². The van der Waals surface area contributed by atoms with Crippen LogP contribution in [0.15, 0.2) is 24.4 Å². The van der Waals surface area contributed by atoms with Crippen LogP contribution in [0.4, 0.5) is 0 Å². The maximum absolute atomic E-state index is 11.7. The summed E-state index contributed by atoms with van der Waals surface area (Å²) in [5, 5.41) is 10.6. The first kappa shape index (κ1) is 15.0. The van der Waals surface area contributed by atoms with Crippen LogP contribution < -0.4 is 10.6 Å². The number of benzene rings is 1. The SMILES string of the molecule is CCNC(=O)CNC(=O)CCn1ncc2cc(C)ccc21. The van der Waals surface area contributed by atoms with Gasteiger partial charge in [-0.05, 0) is 26.0 Å². The molecule has 0 aliphatic rings. The van der Waals surface area contributed by atoms with Crippen molar-refractivity contribution in [3.8, 4) is 0 Å². The number of aryl methyl sites for hydroxylation is 2. The molecule has 0 unspecified atom stereocenters. The lowest BCUT2D eigenvalue weighted by molar-refractivity contribution is -0.126. The number of carbonyl (C=O) groups is 2. The van der Waals surface area contributed by atoms with Gasteiger partial charge < -0.3 is 10.6 Å². The van der Waals surface area contributed by atoms with E-state index in [-0.39, 0.29) is 18.4 Å². The van der Waals surface area contributed by atoms with Gasteiger partial charge in [-0.2, -0.15) is 5.10 Å². The van der Waals surface area contributed by atoms with Gasteiger partial charge >= 0.3 is 0 Å². The molecule has 1 aromatic carbocycles. The second-order valence-corrected chi connectivity index (χ2v) is 4.91. The topological polar surface area (TPSA) is 76.0 Å². The highest BCUT2D eigenvalue weighted by molar-refractivity contribution is 5.84. The largest absolute Gasteiger partial charge is 0.355 e. The molecule has 6 nitrogen and oxygen atoms in total. The molecule has 0 aliphatic carbocycles. The van der Waals surface area contributed by atoms with Gasteiger partial charge in [0.15, 0.2) is 0 Å². The molecule has 0 aliphatic heterocycles. The molecule has 2 aromatic rings. The molecule has 0 bridgehead atoms.